The number of pyridine rings is 1. The van der Waals surface area contributed by atoms with E-state index in [4.69, 9.17) is 4.74 Å². The van der Waals surface area contributed by atoms with Gasteiger partial charge in [0.1, 0.15) is 9.96 Å². The Balaban J connectivity index is 1.38. The lowest BCUT2D eigenvalue weighted by Crippen LogP contribution is -2.43. The van der Waals surface area contributed by atoms with Gasteiger partial charge in [0.25, 0.3) is 10.0 Å². The van der Waals surface area contributed by atoms with Gasteiger partial charge in [0.05, 0.1) is 17.8 Å². The number of benzene rings is 1. The number of para-hydroxylation sites is 1. The number of rotatable bonds is 6. The number of hydrogen-bond donors (Lipinski definition) is 1. The highest BCUT2D eigenvalue weighted by Gasteiger charge is 2.34. The average molecular weight is 458 g/mol. The molecule has 3 heterocycles. The Hall–Kier alpha value is -2.75. The normalized spacial score (nSPS) is 17.3. The smallest absolute Gasteiger partial charge is 0.252 e. The first-order valence-electron chi connectivity index (χ1n) is 9.98. The lowest BCUT2D eigenvalue weighted by Gasteiger charge is -2.30. The monoisotopic (exact) mass is 457 g/mol. The summed E-state index contributed by atoms with van der Waals surface area (Å²) in [5.41, 5.74) is 0.541. The molecule has 1 N–H and O–H groups in total. The maximum absolute atomic E-state index is 12.9. The molecule has 1 fully saturated rings. The van der Waals surface area contributed by atoms with Gasteiger partial charge < -0.3 is 10.1 Å². The number of aryl methyl sites for hydroxylation is 1. The molecule has 1 atom stereocenters. The van der Waals surface area contributed by atoms with E-state index in [0.29, 0.717) is 40.9 Å². The molecule has 0 aliphatic carbocycles. The summed E-state index contributed by atoms with van der Waals surface area (Å²) in [5.74, 6) is 0.479. The number of carbonyl (C=O) groups excluding carboxylic acids is 1. The molecule has 9 heteroatoms. The van der Waals surface area contributed by atoms with Gasteiger partial charge in [-0.05, 0) is 50.1 Å². The number of aromatic nitrogens is 1. The van der Waals surface area contributed by atoms with Crippen molar-refractivity contribution >= 4 is 33.0 Å². The van der Waals surface area contributed by atoms with Crippen LogP contribution in [0.3, 0.4) is 0 Å². The molecule has 1 amide bonds. The van der Waals surface area contributed by atoms with E-state index in [1.54, 1.807) is 24.3 Å². The molecule has 1 aliphatic heterocycles. The van der Waals surface area contributed by atoms with E-state index in [0.717, 1.165) is 4.88 Å². The van der Waals surface area contributed by atoms with Crippen LogP contribution in [0.15, 0.2) is 65.0 Å². The van der Waals surface area contributed by atoms with Crippen LogP contribution >= 0.6 is 11.3 Å². The molecule has 4 rings (SSSR count). The second kappa shape index (κ2) is 9.17. The Bertz CT molecular complexity index is 1150. The van der Waals surface area contributed by atoms with Gasteiger partial charge in [-0.25, -0.2) is 13.4 Å². The number of piperidine rings is 1. The predicted molar refractivity (Wildman–Crippen MR) is 120 cm³/mol. The van der Waals surface area contributed by atoms with Gasteiger partial charge in [-0.2, -0.15) is 4.31 Å². The number of anilines is 1. The van der Waals surface area contributed by atoms with Crippen molar-refractivity contribution in [3.05, 3.63) is 65.7 Å². The summed E-state index contributed by atoms with van der Waals surface area (Å²) in [6.07, 6.45) is 2.82. The Morgan fingerprint density at radius 3 is 2.65 bits per heavy atom. The Labute approximate surface area is 185 Å². The Morgan fingerprint density at radius 1 is 1.16 bits per heavy atom. The number of amides is 1. The van der Waals surface area contributed by atoms with Crippen LogP contribution in [0.4, 0.5) is 5.69 Å². The van der Waals surface area contributed by atoms with Crippen molar-refractivity contribution in [2.75, 3.05) is 18.4 Å². The van der Waals surface area contributed by atoms with Crippen molar-refractivity contribution in [1.29, 1.82) is 0 Å². The summed E-state index contributed by atoms with van der Waals surface area (Å²) in [6.45, 7) is 2.48. The fourth-order valence-corrected chi connectivity index (χ4v) is 6.38. The summed E-state index contributed by atoms with van der Waals surface area (Å²) in [7, 11) is -3.57. The standard InChI is InChI=1S/C22H23N3O4S2/c1-16-9-12-21(30-16)31(27,28)25-13-5-6-17(15-25)22(26)24-18-10-11-20(23-14-18)29-19-7-3-2-4-8-19/h2-4,7-12,14,17H,5-6,13,15H2,1H3,(H,24,26)/t17-/m1/s1. The molecule has 0 unspecified atom stereocenters. The zero-order valence-electron chi connectivity index (χ0n) is 17.0. The van der Waals surface area contributed by atoms with Gasteiger partial charge in [0.2, 0.25) is 11.8 Å². The lowest BCUT2D eigenvalue weighted by atomic mass is 9.99. The molecular weight excluding hydrogens is 434 g/mol. The van der Waals surface area contributed by atoms with Crippen LogP contribution in [0, 0.1) is 12.8 Å². The summed E-state index contributed by atoms with van der Waals surface area (Å²) >= 11 is 1.25. The zero-order chi connectivity index (χ0) is 21.8. The van der Waals surface area contributed by atoms with Crippen LogP contribution in [0.25, 0.3) is 0 Å². The van der Waals surface area contributed by atoms with Crippen molar-refractivity contribution < 1.29 is 17.9 Å². The van der Waals surface area contributed by atoms with Gasteiger partial charge in [-0.1, -0.05) is 18.2 Å². The summed E-state index contributed by atoms with van der Waals surface area (Å²) < 4.78 is 33.2. The van der Waals surface area contributed by atoms with E-state index in [2.05, 4.69) is 10.3 Å². The van der Waals surface area contributed by atoms with Crippen molar-refractivity contribution in [3.8, 4) is 11.6 Å². The predicted octanol–water partition coefficient (Wildman–Crippen LogP) is 4.28. The van der Waals surface area contributed by atoms with Crippen molar-refractivity contribution in [2.24, 2.45) is 5.92 Å². The molecule has 1 aliphatic rings. The third kappa shape index (κ3) is 5.12. The molecule has 0 bridgehead atoms. The van der Waals surface area contributed by atoms with Crippen molar-refractivity contribution in [3.63, 3.8) is 0 Å². The first kappa shape index (κ1) is 21.5. The minimum Gasteiger partial charge on any atom is -0.439 e. The van der Waals surface area contributed by atoms with Gasteiger partial charge in [0.15, 0.2) is 0 Å². The third-order valence-corrected chi connectivity index (χ3v) is 8.37. The molecule has 0 spiro atoms. The second-order valence-electron chi connectivity index (χ2n) is 7.36. The number of nitrogens with one attached hydrogen (secondary N) is 1. The highest BCUT2D eigenvalue weighted by atomic mass is 32.2. The number of carbonyl (C=O) groups is 1. The number of thiophene rings is 1. The SMILES string of the molecule is Cc1ccc(S(=O)(=O)N2CCC[C@@H](C(=O)Nc3ccc(Oc4ccccc4)nc3)C2)s1. The minimum atomic E-state index is -3.57. The fraction of sp³-hybridized carbons (Fsp3) is 0.273. The number of sulfonamides is 1. The minimum absolute atomic E-state index is 0.174. The van der Waals surface area contributed by atoms with E-state index in [1.807, 2.05) is 37.3 Å². The summed E-state index contributed by atoms with van der Waals surface area (Å²) in [6, 6.07) is 16.1. The first-order valence-corrected chi connectivity index (χ1v) is 12.2. The Kier molecular flexibility index (Phi) is 6.35. The van der Waals surface area contributed by atoms with Crippen molar-refractivity contribution in [1.82, 2.24) is 9.29 Å². The fourth-order valence-electron chi connectivity index (χ4n) is 3.42. The van der Waals surface area contributed by atoms with Crippen LogP contribution in [0.2, 0.25) is 0 Å². The number of ether oxygens (including phenoxy) is 1. The molecule has 1 saturated heterocycles. The molecule has 7 nitrogen and oxygen atoms in total. The molecule has 2 aromatic heterocycles. The van der Waals surface area contributed by atoms with Gasteiger partial charge >= 0.3 is 0 Å². The van der Waals surface area contributed by atoms with Gasteiger partial charge in [-0.3, -0.25) is 4.79 Å². The topological polar surface area (TPSA) is 88.6 Å². The van der Waals surface area contributed by atoms with E-state index in [-0.39, 0.29) is 12.5 Å². The largest absolute Gasteiger partial charge is 0.439 e. The van der Waals surface area contributed by atoms with Crippen LogP contribution in [-0.2, 0) is 14.8 Å². The number of hydrogen-bond acceptors (Lipinski definition) is 6. The van der Waals surface area contributed by atoms with E-state index < -0.39 is 15.9 Å². The zero-order valence-corrected chi connectivity index (χ0v) is 18.7. The van der Waals surface area contributed by atoms with Crippen LogP contribution in [0.1, 0.15) is 17.7 Å². The molecule has 31 heavy (non-hydrogen) atoms. The van der Waals surface area contributed by atoms with E-state index >= 15 is 0 Å². The van der Waals surface area contributed by atoms with Crippen molar-refractivity contribution in [2.45, 2.75) is 24.0 Å². The lowest BCUT2D eigenvalue weighted by molar-refractivity contribution is -0.120. The van der Waals surface area contributed by atoms with Crippen LogP contribution in [-0.4, -0.2) is 36.7 Å². The molecule has 1 aromatic carbocycles. The average Bonchev–Trinajstić information content (AvgIpc) is 3.23. The highest BCUT2D eigenvalue weighted by Crippen LogP contribution is 2.29. The maximum Gasteiger partial charge on any atom is 0.252 e. The third-order valence-electron chi connectivity index (χ3n) is 5.03. The molecule has 162 valence electrons. The van der Waals surface area contributed by atoms with E-state index in [1.165, 1.54) is 21.8 Å². The van der Waals surface area contributed by atoms with Crippen LogP contribution in [0.5, 0.6) is 11.6 Å². The van der Waals surface area contributed by atoms with Gasteiger partial charge in [0, 0.05) is 24.0 Å². The molecular formula is C22H23N3O4S2. The van der Waals surface area contributed by atoms with Gasteiger partial charge in [-0.15, -0.1) is 11.3 Å². The highest BCUT2D eigenvalue weighted by molar-refractivity contribution is 7.91. The number of nitrogens with zero attached hydrogens (tertiary/aromatic N) is 2. The molecule has 0 saturated carbocycles. The Morgan fingerprint density at radius 2 is 1.97 bits per heavy atom. The molecule has 0 radical (unpaired) electrons. The summed E-state index contributed by atoms with van der Waals surface area (Å²) in [4.78, 5) is 17.9. The summed E-state index contributed by atoms with van der Waals surface area (Å²) in [5, 5.41) is 2.84. The first-order chi connectivity index (χ1) is 14.9. The van der Waals surface area contributed by atoms with Crippen LogP contribution < -0.4 is 10.1 Å². The second-order valence-corrected chi connectivity index (χ2v) is 10.8. The maximum atomic E-state index is 12.9. The molecule has 3 aromatic rings. The van der Waals surface area contributed by atoms with E-state index in [9.17, 15) is 13.2 Å². The quantitative estimate of drug-likeness (QED) is 0.597.